The van der Waals surface area contributed by atoms with Gasteiger partial charge in [0.25, 0.3) is 0 Å². The van der Waals surface area contributed by atoms with Gasteiger partial charge in [-0.2, -0.15) is 11.8 Å². The van der Waals surface area contributed by atoms with E-state index in [1.54, 1.807) is 0 Å². The van der Waals surface area contributed by atoms with E-state index in [1.165, 1.54) is 17.9 Å². The number of nitrogens with one attached hydrogen (secondary N) is 1. The number of rotatable bonds is 2. The van der Waals surface area contributed by atoms with Crippen LogP contribution in [0.1, 0.15) is 12.1 Å². The number of para-hydroxylation sites is 2. The third-order valence-corrected chi connectivity index (χ3v) is 4.18. The van der Waals surface area contributed by atoms with Gasteiger partial charge in [-0.25, -0.2) is 9.97 Å². The highest BCUT2D eigenvalue weighted by Crippen LogP contribution is 2.22. The molecule has 2 aromatic rings. The van der Waals surface area contributed by atoms with Crippen molar-refractivity contribution in [2.75, 3.05) is 16.8 Å². The zero-order valence-corrected chi connectivity index (χ0v) is 10.6. The summed E-state index contributed by atoms with van der Waals surface area (Å²) in [6.45, 7) is 2.02. The molecular weight excluding hydrogens is 230 g/mol. The second-order valence-corrected chi connectivity index (χ2v) is 5.50. The number of thioether (sulfide) groups is 1. The third kappa shape index (κ3) is 2.22. The Morgan fingerprint density at radius 1 is 1.24 bits per heavy atom. The molecule has 88 valence electrons. The summed E-state index contributed by atoms with van der Waals surface area (Å²) in [5.41, 5.74) is 2.92. The summed E-state index contributed by atoms with van der Waals surface area (Å²) < 4.78 is 0. The average molecular weight is 245 g/mol. The maximum Gasteiger partial charge on any atom is 0.148 e. The van der Waals surface area contributed by atoms with Crippen molar-refractivity contribution in [1.29, 1.82) is 0 Å². The van der Waals surface area contributed by atoms with Crippen LogP contribution in [0.3, 0.4) is 0 Å². The lowest BCUT2D eigenvalue weighted by molar-refractivity contribution is 0.804. The Morgan fingerprint density at radius 2 is 2.00 bits per heavy atom. The summed E-state index contributed by atoms with van der Waals surface area (Å²) >= 11 is 2.00. The number of hydrogen-bond acceptors (Lipinski definition) is 4. The molecule has 0 amide bonds. The molecule has 1 aliphatic rings. The fraction of sp³-hybridized carbons (Fsp3) is 0.385. The monoisotopic (exact) mass is 245 g/mol. The Morgan fingerprint density at radius 3 is 2.71 bits per heavy atom. The predicted molar refractivity (Wildman–Crippen MR) is 73.6 cm³/mol. The maximum atomic E-state index is 4.66. The van der Waals surface area contributed by atoms with Gasteiger partial charge in [-0.05, 0) is 31.2 Å². The Balaban J connectivity index is 1.95. The van der Waals surface area contributed by atoms with Crippen LogP contribution >= 0.6 is 11.8 Å². The molecule has 1 fully saturated rings. The summed E-state index contributed by atoms with van der Waals surface area (Å²) in [6.07, 6.45) is 1.22. The van der Waals surface area contributed by atoms with Crippen molar-refractivity contribution in [1.82, 2.24) is 9.97 Å². The number of hydrogen-bond donors (Lipinski definition) is 1. The number of aryl methyl sites for hydroxylation is 1. The van der Waals surface area contributed by atoms with Crippen molar-refractivity contribution in [3.63, 3.8) is 0 Å². The fourth-order valence-corrected chi connectivity index (χ4v) is 3.22. The molecule has 1 aromatic carbocycles. The topological polar surface area (TPSA) is 37.8 Å². The van der Waals surface area contributed by atoms with Crippen molar-refractivity contribution in [2.24, 2.45) is 0 Å². The minimum atomic E-state index is 0.550. The highest BCUT2D eigenvalue weighted by molar-refractivity contribution is 7.99. The summed E-state index contributed by atoms with van der Waals surface area (Å²) in [6, 6.07) is 8.56. The molecule has 17 heavy (non-hydrogen) atoms. The maximum absolute atomic E-state index is 4.66. The van der Waals surface area contributed by atoms with Gasteiger partial charge in [0.2, 0.25) is 0 Å². The summed E-state index contributed by atoms with van der Waals surface area (Å²) in [5, 5.41) is 3.51. The van der Waals surface area contributed by atoms with Crippen LogP contribution in [0, 0.1) is 6.92 Å². The molecular formula is C13H15N3S. The number of aromatic nitrogens is 2. The molecule has 1 aromatic heterocycles. The van der Waals surface area contributed by atoms with Gasteiger partial charge < -0.3 is 5.32 Å². The second kappa shape index (κ2) is 4.53. The molecule has 1 unspecified atom stereocenters. The van der Waals surface area contributed by atoms with Crippen molar-refractivity contribution < 1.29 is 0 Å². The summed E-state index contributed by atoms with van der Waals surface area (Å²) in [4.78, 5) is 9.24. The normalized spacial score (nSPS) is 19.7. The minimum Gasteiger partial charge on any atom is -0.365 e. The quantitative estimate of drug-likeness (QED) is 0.883. The number of fused-ring (bicyclic) bond motifs is 1. The van der Waals surface area contributed by atoms with Crippen molar-refractivity contribution >= 4 is 28.6 Å². The molecule has 3 nitrogen and oxygen atoms in total. The first-order chi connectivity index (χ1) is 8.33. The predicted octanol–water partition coefficient (Wildman–Crippen LogP) is 2.86. The smallest absolute Gasteiger partial charge is 0.148 e. The standard InChI is InChI=1S/C13H15N3S/c1-9-13(15-10-6-7-17-8-10)16-12-5-3-2-4-11(12)14-9/h2-5,10H,6-8H2,1H3,(H,15,16). The van der Waals surface area contributed by atoms with E-state index in [9.17, 15) is 0 Å². The molecule has 1 atom stereocenters. The first kappa shape index (κ1) is 10.8. The molecule has 0 radical (unpaired) electrons. The van der Waals surface area contributed by atoms with E-state index in [0.29, 0.717) is 6.04 Å². The Kier molecular flexibility index (Phi) is 2.89. The lowest BCUT2D eigenvalue weighted by Gasteiger charge is -2.14. The van der Waals surface area contributed by atoms with Gasteiger partial charge in [-0.1, -0.05) is 12.1 Å². The molecule has 0 spiro atoms. The van der Waals surface area contributed by atoms with Crippen molar-refractivity contribution in [3.05, 3.63) is 30.0 Å². The lowest BCUT2D eigenvalue weighted by atomic mass is 10.2. The van der Waals surface area contributed by atoms with Gasteiger partial charge in [0.05, 0.1) is 16.7 Å². The molecule has 3 rings (SSSR count). The average Bonchev–Trinajstić information content (AvgIpc) is 2.83. The zero-order valence-electron chi connectivity index (χ0n) is 9.81. The van der Waals surface area contributed by atoms with Crippen LogP contribution in [-0.4, -0.2) is 27.5 Å². The first-order valence-electron chi connectivity index (χ1n) is 5.90. The van der Waals surface area contributed by atoms with Gasteiger partial charge in [0.1, 0.15) is 5.82 Å². The molecule has 2 heterocycles. The number of nitrogens with zero attached hydrogens (tertiary/aromatic N) is 2. The van der Waals surface area contributed by atoms with Crippen molar-refractivity contribution in [3.8, 4) is 0 Å². The highest BCUT2D eigenvalue weighted by Gasteiger charge is 2.16. The number of anilines is 1. The number of benzene rings is 1. The van der Waals surface area contributed by atoms with Gasteiger partial charge >= 0.3 is 0 Å². The van der Waals surface area contributed by atoms with E-state index >= 15 is 0 Å². The van der Waals surface area contributed by atoms with Crippen LogP contribution in [0.15, 0.2) is 24.3 Å². The summed E-state index contributed by atoms with van der Waals surface area (Å²) in [5.74, 6) is 3.36. The lowest BCUT2D eigenvalue weighted by Crippen LogP contribution is -2.20. The van der Waals surface area contributed by atoms with Crippen LogP contribution in [-0.2, 0) is 0 Å². The Labute approximate surface area is 105 Å². The fourth-order valence-electron chi connectivity index (χ4n) is 2.07. The molecule has 1 saturated heterocycles. The van der Waals surface area contributed by atoms with E-state index in [0.717, 1.165) is 22.5 Å². The third-order valence-electron chi connectivity index (χ3n) is 3.02. The molecule has 0 aliphatic carbocycles. The molecule has 1 N–H and O–H groups in total. The molecule has 4 heteroatoms. The highest BCUT2D eigenvalue weighted by atomic mass is 32.2. The van der Waals surface area contributed by atoms with E-state index in [4.69, 9.17) is 0 Å². The van der Waals surface area contributed by atoms with Crippen LogP contribution in [0.2, 0.25) is 0 Å². The van der Waals surface area contributed by atoms with E-state index < -0.39 is 0 Å². The molecule has 0 saturated carbocycles. The van der Waals surface area contributed by atoms with E-state index in [1.807, 2.05) is 43.0 Å². The van der Waals surface area contributed by atoms with Crippen LogP contribution in [0.5, 0.6) is 0 Å². The first-order valence-corrected chi connectivity index (χ1v) is 7.06. The van der Waals surface area contributed by atoms with Gasteiger partial charge in [-0.3, -0.25) is 0 Å². The molecule has 0 bridgehead atoms. The van der Waals surface area contributed by atoms with Gasteiger partial charge in [0, 0.05) is 11.8 Å². The van der Waals surface area contributed by atoms with Gasteiger partial charge in [-0.15, -0.1) is 0 Å². The van der Waals surface area contributed by atoms with Crippen LogP contribution < -0.4 is 5.32 Å². The van der Waals surface area contributed by atoms with Crippen molar-refractivity contribution in [2.45, 2.75) is 19.4 Å². The van der Waals surface area contributed by atoms with E-state index in [2.05, 4.69) is 15.3 Å². The molecule has 1 aliphatic heterocycles. The minimum absolute atomic E-state index is 0.550. The second-order valence-electron chi connectivity index (χ2n) is 4.35. The van der Waals surface area contributed by atoms with Gasteiger partial charge in [0.15, 0.2) is 0 Å². The zero-order chi connectivity index (χ0) is 11.7. The van der Waals surface area contributed by atoms with Crippen LogP contribution in [0.25, 0.3) is 11.0 Å². The Hall–Kier alpha value is -1.29. The Bertz CT molecular complexity index is 535. The SMILES string of the molecule is Cc1nc2ccccc2nc1NC1CCSC1. The van der Waals surface area contributed by atoms with Crippen LogP contribution in [0.4, 0.5) is 5.82 Å². The summed E-state index contributed by atoms with van der Waals surface area (Å²) in [7, 11) is 0. The largest absolute Gasteiger partial charge is 0.365 e. The van der Waals surface area contributed by atoms with E-state index in [-0.39, 0.29) is 0 Å².